The molecule has 0 aromatic carbocycles. The molecule has 1 saturated carbocycles. The van der Waals surface area contributed by atoms with Crippen molar-refractivity contribution in [3.05, 3.63) is 85.1 Å². The van der Waals surface area contributed by atoms with Gasteiger partial charge in [-0.25, -0.2) is 9.13 Å². The molecule has 1 aliphatic carbocycles. The number of unbranched alkanes of at least 4 members (excludes halogenated alkanes) is 8. The van der Waals surface area contributed by atoms with E-state index in [0.29, 0.717) is 25.7 Å². The van der Waals surface area contributed by atoms with Crippen LogP contribution in [-0.2, 0) is 46.5 Å². The van der Waals surface area contributed by atoms with Crippen molar-refractivity contribution in [2.75, 3.05) is 13.2 Å². The number of hydrogen-bond donors (Lipinski definition) is 7. The number of esters is 2. The third-order valence-electron chi connectivity index (χ3n) is 10.9. The van der Waals surface area contributed by atoms with E-state index in [-0.39, 0.29) is 25.0 Å². The predicted molar refractivity (Wildman–Crippen MR) is 259 cm³/mol. The molecule has 0 aromatic rings. The fourth-order valence-corrected chi connectivity index (χ4v) is 8.53. The van der Waals surface area contributed by atoms with E-state index in [0.717, 1.165) is 70.6 Å². The maximum Gasteiger partial charge on any atom is 0.472 e. The van der Waals surface area contributed by atoms with Gasteiger partial charge in [-0.05, 0) is 89.9 Å². The zero-order valence-electron chi connectivity index (χ0n) is 39.9. The van der Waals surface area contributed by atoms with E-state index in [1.807, 2.05) is 12.2 Å². The lowest BCUT2D eigenvalue weighted by molar-refractivity contribution is -0.216. The van der Waals surface area contributed by atoms with Crippen LogP contribution >= 0.6 is 15.6 Å². The highest BCUT2D eigenvalue weighted by atomic mass is 31.2. The highest BCUT2D eigenvalue weighted by Gasteiger charge is 2.54. The summed E-state index contributed by atoms with van der Waals surface area (Å²) in [4.78, 5) is 54.3. The Balaban J connectivity index is 1.82. The molecule has 10 atom stereocenters. The van der Waals surface area contributed by atoms with Gasteiger partial charge in [0.2, 0.25) is 0 Å². The standard InChI is InChI=1S/C49H80O17P2/c1-3-5-7-9-11-12-13-14-15-16-17-18-19-20-23-27-31-35-42(50)61-37-39(38-62-68(59,60)66-49-46(54)44(52)45(53)48(47(49)55)65-67(56,57)58)63-43(51)36-32-28-24-21-22-26-30-34-41-40(64-41)33-29-25-10-8-6-4-2/h5,7,11-12,14-15,17-18,21,24-26,29-30,39-41,44-49,52-55H,3-4,6,8-10,13,16,19-20,22-23,27-28,31-38H2,1-2H3,(H,59,60)(H2,56,57,58)/b7-5-,12-11-,15-14-,18-17-,24-21-,29-25-,30-26-/t39-,40?,41?,44?,45?,46?,47?,48-,49+/m1/s1. The molecule has 2 fully saturated rings. The number of hydrogen-bond acceptors (Lipinski definition) is 14. The van der Waals surface area contributed by atoms with Gasteiger partial charge in [0, 0.05) is 12.8 Å². The lowest BCUT2D eigenvalue weighted by Gasteiger charge is -2.43. The van der Waals surface area contributed by atoms with Crippen molar-refractivity contribution in [1.82, 2.24) is 0 Å². The van der Waals surface area contributed by atoms with Crippen molar-refractivity contribution < 1.29 is 81.6 Å². The van der Waals surface area contributed by atoms with Crippen molar-refractivity contribution in [2.24, 2.45) is 0 Å². The minimum absolute atomic E-state index is 0.0477. The number of carbonyl (C=O) groups excluding carboxylic acids is 2. The van der Waals surface area contributed by atoms with Crippen LogP contribution in [0.15, 0.2) is 85.1 Å². The molecule has 0 aromatic heterocycles. The quantitative estimate of drug-likeness (QED) is 0.0101. The number of allylic oxidation sites excluding steroid dienone is 12. The average Bonchev–Trinajstić information content (AvgIpc) is 4.05. The minimum Gasteiger partial charge on any atom is -0.462 e. The maximum absolute atomic E-state index is 13.0. The van der Waals surface area contributed by atoms with Gasteiger partial charge >= 0.3 is 27.6 Å². The second kappa shape index (κ2) is 36.1. The number of ether oxygens (including phenoxy) is 3. The second-order valence-corrected chi connectivity index (χ2v) is 19.4. The maximum atomic E-state index is 13.0. The third-order valence-corrected chi connectivity index (χ3v) is 12.4. The number of rotatable bonds is 38. The molecule has 0 spiro atoms. The van der Waals surface area contributed by atoms with Crippen LogP contribution in [0.1, 0.15) is 142 Å². The van der Waals surface area contributed by atoms with Gasteiger partial charge in [0.25, 0.3) is 0 Å². The molecular weight excluding hydrogens is 922 g/mol. The zero-order chi connectivity index (χ0) is 50.0. The van der Waals surface area contributed by atoms with E-state index >= 15 is 0 Å². The summed E-state index contributed by atoms with van der Waals surface area (Å²) in [7, 11) is -10.7. The van der Waals surface area contributed by atoms with Gasteiger partial charge in [-0.15, -0.1) is 0 Å². The summed E-state index contributed by atoms with van der Waals surface area (Å²) >= 11 is 0. The van der Waals surface area contributed by atoms with Crippen molar-refractivity contribution >= 4 is 27.6 Å². The van der Waals surface area contributed by atoms with Gasteiger partial charge in [0.15, 0.2) is 6.10 Å². The fourth-order valence-electron chi connectivity index (χ4n) is 6.99. The molecule has 68 heavy (non-hydrogen) atoms. The van der Waals surface area contributed by atoms with Crippen LogP contribution in [0.3, 0.4) is 0 Å². The van der Waals surface area contributed by atoms with Gasteiger partial charge in [-0.2, -0.15) is 0 Å². The van der Waals surface area contributed by atoms with Crippen LogP contribution in [0.2, 0.25) is 0 Å². The molecule has 2 aliphatic rings. The topological polar surface area (TPSA) is 269 Å². The number of epoxide rings is 1. The van der Waals surface area contributed by atoms with Gasteiger partial charge < -0.3 is 49.3 Å². The molecule has 388 valence electrons. The highest BCUT2D eigenvalue weighted by Crippen LogP contribution is 2.49. The molecule has 7 unspecified atom stereocenters. The fraction of sp³-hybridized carbons (Fsp3) is 0.673. The van der Waals surface area contributed by atoms with Crippen LogP contribution < -0.4 is 0 Å². The Kier molecular flexibility index (Phi) is 32.5. The van der Waals surface area contributed by atoms with E-state index in [1.54, 1.807) is 0 Å². The molecule has 0 amide bonds. The van der Waals surface area contributed by atoms with Gasteiger partial charge in [0.1, 0.15) is 43.2 Å². The molecule has 19 heteroatoms. The molecule has 7 N–H and O–H groups in total. The van der Waals surface area contributed by atoms with Crippen LogP contribution in [-0.4, -0.2) is 115 Å². The van der Waals surface area contributed by atoms with Gasteiger partial charge in [-0.1, -0.05) is 125 Å². The summed E-state index contributed by atoms with van der Waals surface area (Å²) < 4.78 is 55.1. The first-order valence-corrected chi connectivity index (χ1v) is 27.3. The summed E-state index contributed by atoms with van der Waals surface area (Å²) in [5.41, 5.74) is 0. The summed E-state index contributed by atoms with van der Waals surface area (Å²) in [6, 6.07) is 0. The van der Waals surface area contributed by atoms with Crippen molar-refractivity contribution in [2.45, 2.75) is 197 Å². The van der Waals surface area contributed by atoms with Gasteiger partial charge in [-0.3, -0.25) is 23.2 Å². The Morgan fingerprint density at radius 3 is 1.62 bits per heavy atom. The SMILES string of the molecule is CC/C=C\C/C=C\C/C=C\C/C=C\CCCCCCC(=O)OC[C@H](COP(=O)(O)O[C@H]1C(O)C(O)C(O)[C@@H](OP(=O)(O)O)C1O)OC(=O)CCC/C=C\C/C=C\CC1OC1C/C=C\CCCCC. The molecular formula is C49H80O17P2. The van der Waals surface area contributed by atoms with Crippen LogP contribution in [0.4, 0.5) is 0 Å². The zero-order valence-corrected chi connectivity index (χ0v) is 41.7. The van der Waals surface area contributed by atoms with E-state index in [1.165, 1.54) is 19.3 Å². The van der Waals surface area contributed by atoms with Crippen molar-refractivity contribution in [3.63, 3.8) is 0 Å². The Bertz CT molecular complexity index is 1700. The first-order chi connectivity index (χ1) is 32.6. The lowest BCUT2D eigenvalue weighted by Crippen LogP contribution is -2.64. The first-order valence-electron chi connectivity index (χ1n) is 24.3. The van der Waals surface area contributed by atoms with Gasteiger partial charge in [0.05, 0.1) is 18.8 Å². The second-order valence-electron chi connectivity index (χ2n) is 16.8. The number of aliphatic hydroxyl groups excluding tert-OH is 4. The summed E-state index contributed by atoms with van der Waals surface area (Å²) in [6.07, 6.45) is 31.4. The Labute approximate surface area is 403 Å². The molecule has 1 heterocycles. The third kappa shape index (κ3) is 29.4. The minimum atomic E-state index is -5.38. The monoisotopic (exact) mass is 1000 g/mol. The molecule has 0 bridgehead atoms. The average molecular weight is 1000 g/mol. The summed E-state index contributed by atoms with van der Waals surface area (Å²) in [6.45, 7) is 2.88. The van der Waals surface area contributed by atoms with Crippen LogP contribution in [0.5, 0.6) is 0 Å². The first kappa shape index (κ1) is 61.3. The largest absolute Gasteiger partial charge is 0.472 e. The van der Waals surface area contributed by atoms with E-state index in [2.05, 4.69) is 91.3 Å². The van der Waals surface area contributed by atoms with Crippen LogP contribution in [0.25, 0.3) is 0 Å². The molecule has 17 nitrogen and oxygen atoms in total. The number of carbonyl (C=O) groups is 2. The number of phosphoric ester groups is 2. The normalized spacial score (nSPS) is 25.0. The highest BCUT2D eigenvalue weighted by molar-refractivity contribution is 7.47. The molecule has 1 saturated heterocycles. The molecule has 2 rings (SSSR count). The van der Waals surface area contributed by atoms with Crippen molar-refractivity contribution in [3.8, 4) is 0 Å². The summed E-state index contributed by atoms with van der Waals surface area (Å²) in [5, 5.41) is 41.3. The predicted octanol–water partition coefficient (Wildman–Crippen LogP) is 8.38. The van der Waals surface area contributed by atoms with Crippen molar-refractivity contribution in [1.29, 1.82) is 0 Å². The van der Waals surface area contributed by atoms with E-state index in [9.17, 15) is 53.8 Å². The summed E-state index contributed by atoms with van der Waals surface area (Å²) in [5.74, 6) is -1.31. The van der Waals surface area contributed by atoms with E-state index < -0.39 is 83.5 Å². The lowest BCUT2D eigenvalue weighted by atomic mass is 9.85. The number of aliphatic hydroxyl groups is 4. The molecule has 0 radical (unpaired) electrons. The smallest absolute Gasteiger partial charge is 0.462 e. The number of phosphoric acid groups is 2. The van der Waals surface area contributed by atoms with E-state index in [4.69, 9.17) is 23.3 Å². The Morgan fingerprint density at radius 1 is 0.544 bits per heavy atom. The van der Waals surface area contributed by atoms with Crippen LogP contribution in [0, 0.1) is 0 Å². The molecule has 1 aliphatic heterocycles. The Morgan fingerprint density at radius 2 is 1.03 bits per heavy atom. The Hall–Kier alpha value is -2.86.